The number of rotatable bonds is 4. The van der Waals surface area contributed by atoms with Gasteiger partial charge in [-0.15, -0.1) is 0 Å². The van der Waals surface area contributed by atoms with Gasteiger partial charge >= 0.3 is 0 Å². The highest BCUT2D eigenvalue weighted by atomic mass is 19.1. The van der Waals surface area contributed by atoms with Crippen LogP contribution in [0.3, 0.4) is 0 Å². The first-order chi connectivity index (χ1) is 15.9. The summed E-state index contributed by atoms with van der Waals surface area (Å²) in [5.41, 5.74) is 7.35. The zero-order chi connectivity index (χ0) is 23.5. The van der Waals surface area contributed by atoms with Gasteiger partial charge < -0.3 is 21.4 Å². The van der Waals surface area contributed by atoms with Crippen LogP contribution in [0.5, 0.6) is 0 Å². The Kier molecular flexibility index (Phi) is 6.20. The minimum atomic E-state index is -0.684. The van der Waals surface area contributed by atoms with E-state index in [1.807, 2.05) is 11.0 Å². The summed E-state index contributed by atoms with van der Waals surface area (Å²) in [7, 11) is 1.73. The molecule has 0 saturated carbocycles. The maximum Gasteiger partial charge on any atom is 0.260 e. The average Bonchev–Trinajstić information content (AvgIpc) is 2.81. The van der Waals surface area contributed by atoms with E-state index in [0.717, 1.165) is 12.8 Å². The third kappa shape index (κ3) is 4.47. The molecule has 0 atom stereocenters. The van der Waals surface area contributed by atoms with Crippen molar-refractivity contribution >= 4 is 17.2 Å². The molecule has 1 aromatic heterocycles. The van der Waals surface area contributed by atoms with Crippen molar-refractivity contribution in [2.24, 2.45) is 5.73 Å². The molecule has 1 saturated heterocycles. The van der Waals surface area contributed by atoms with E-state index in [0.29, 0.717) is 41.5 Å². The molecule has 4 N–H and O–H groups in total. The Hall–Kier alpha value is -4.03. The Balaban J connectivity index is 1.90. The largest absolute Gasteiger partial charge is 0.393 e. The summed E-state index contributed by atoms with van der Waals surface area (Å²) < 4.78 is 15.9. The number of halogens is 1. The van der Waals surface area contributed by atoms with Crippen LogP contribution in [0.25, 0.3) is 17.1 Å². The maximum atomic E-state index is 14.5. The zero-order valence-electron chi connectivity index (χ0n) is 18.2. The van der Waals surface area contributed by atoms with E-state index in [2.05, 4.69) is 5.32 Å². The Morgan fingerprint density at radius 1 is 1.30 bits per heavy atom. The van der Waals surface area contributed by atoms with Gasteiger partial charge in [0, 0.05) is 49.6 Å². The minimum absolute atomic E-state index is 0.0849. The third-order valence-corrected chi connectivity index (χ3v) is 5.71. The number of piperidine rings is 1. The second-order valence-electron chi connectivity index (χ2n) is 7.95. The van der Waals surface area contributed by atoms with Gasteiger partial charge in [-0.25, -0.2) is 9.37 Å². The Morgan fingerprint density at radius 3 is 2.73 bits per heavy atom. The van der Waals surface area contributed by atoms with E-state index in [1.165, 1.54) is 22.8 Å². The van der Waals surface area contributed by atoms with E-state index in [9.17, 15) is 9.18 Å². The smallest absolute Gasteiger partial charge is 0.260 e. The lowest BCUT2D eigenvalue weighted by Gasteiger charge is -2.31. The monoisotopic (exact) mass is 445 g/mol. The molecule has 0 amide bonds. The SMILES string of the molecule is CN/C=C1/C=C(n2c(-c3ccc(C#N)c(F)c3)nc(N3CCC(N)CC3)cc2=O)C=CC1=N. The fraction of sp³-hybridized carbons (Fsp3) is 0.250. The number of nitrogens with two attached hydrogens (primary N) is 1. The summed E-state index contributed by atoms with van der Waals surface area (Å²) in [4.78, 5) is 20.1. The Morgan fingerprint density at radius 2 is 2.06 bits per heavy atom. The molecule has 0 spiro atoms. The number of hydrogen-bond donors (Lipinski definition) is 3. The van der Waals surface area contributed by atoms with Crippen LogP contribution in [0.15, 0.2) is 59.1 Å². The van der Waals surface area contributed by atoms with Gasteiger partial charge in [0.25, 0.3) is 5.56 Å². The van der Waals surface area contributed by atoms with E-state index in [1.54, 1.807) is 37.5 Å². The summed E-state index contributed by atoms with van der Waals surface area (Å²) in [6, 6.07) is 7.57. The summed E-state index contributed by atoms with van der Waals surface area (Å²) >= 11 is 0. The van der Waals surface area contributed by atoms with Crippen molar-refractivity contribution < 1.29 is 4.39 Å². The third-order valence-electron chi connectivity index (χ3n) is 5.71. The average molecular weight is 446 g/mol. The summed E-state index contributed by atoms with van der Waals surface area (Å²) in [5, 5.41) is 20.1. The number of nitriles is 1. The topological polar surface area (TPSA) is 124 Å². The first-order valence-corrected chi connectivity index (χ1v) is 10.6. The van der Waals surface area contributed by atoms with E-state index in [4.69, 9.17) is 21.4 Å². The highest BCUT2D eigenvalue weighted by molar-refractivity contribution is 6.12. The molecule has 8 nitrogen and oxygen atoms in total. The first kappa shape index (κ1) is 22.2. The highest BCUT2D eigenvalue weighted by Gasteiger charge is 2.22. The second-order valence-corrected chi connectivity index (χ2v) is 7.95. The van der Waals surface area contributed by atoms with Crippen LogP contribution >= 0.6 is 0 Å². The van der Waals surface area contributed by atoms with Crippen molar-refractivity contribution in [3.8, 4) is 17.5 Å². The van der Waals surface area contributed by atoms with E-state index in [-0.39, 0.29) is 23.0 Å². The predicted octanol–water partition coefficient (Wildman–Crippen LogP) is 2.38. The molecule has 1 aromatic carbocycles. The molecule has 0 unspecified atom stereocenters. The zero-order valence-corrected chi connectivity index (χ0v) is 18.2. The number of allylic oxidation sites excluding steroid dienone is 5. The maximum absolute atomic E-state index is 14.5. The molecular formula is C24H24FN7O. The van der Waals surface area contributed by atoms with Crippen molar-refractivity contribution in [3.05, 3.63) is 76.0 Å². The number of benzene rings is 1. The van der Waals surface area contributed by atoms with Gasteiger partial charge in [0.2, 0.25) is 0 Å². The Labute approximate surface area is 190 Å². The second kappa shape index (κ2) is 9.22. The minimum Gasteiger partial charge on any atom is -0.393 e. The van der Waals surface area contributed by atoms with Crippen molar-refractivity contribution in [2.45, 2.75) is 18.9 Å². The van der Waals surface area contributed by atoms with Gasteiger partial charge in [0.15, 0.2) is 0 Å². The van der Waals surface area contributed by atoms with Crippen molar-refractivity contribution in [3.63, 3.8) is 0 Å². The van der Waals surface area contributed by atoms with Gasteiger partial charge in [0.1, 0.15) is 23.5 Å². The van der Waals surface area contributed by atoms with Gasteiger partial charge in [-0.2, -0.15) is 5.26 Å². The fourth-order valence-electron chi connectivity index (χ4n) is 3.91. The quantitative estimate of drug-likeness (QED) is 0.664. The number of hydrogen-bond acceptors (Lipinski definition) is 7. The summed E-state index contributed by atoms with van der Waals surface area (Å²) in [6.45, 7) is 1.35. The van der Waals surface area contributed by atoms with Crippen molar-refractivity contribution in [1.29, 1.82) is 10.7 Å². The first-order valence-electron chi connectivity index (χ1n) is 10.6. The molecular weight excluding hydrogens is 421 g/mol. The van der Waals surface area contributed by atoms with Crippen LogP contribution in [0.4, 0.5) is 10.2 Å². The highest BCUT2D eigenvalue weighted by Crippen LogP contribution is 2.27. The molecule has 2 heterocycles. The molecule has 4 rings (SSSR count). The van der Waals surface area contributed by atoms with E-state index < -0.39 is 5.82 Å². The lowest BCUT2D eigenvalue weighted by atomic mass is 10.0. The lowest BCUT2D eigenvalue weighted by molar-refractivity contribution is 0.498. The number of nitrogens with zero attached hydrogens (tertiary/aromatic N) is 4. The van der Waals surface area contributed by atoms with Crippen LogP contribution < -0.4 is 21.5 Å². The van der Waals surface area contributed by atoms with Gasteiger partial charge in [-0.1, -0.05) is 0 Å². The predicted molar refractivity (Wildman–Crippen MR) is 126 cm³/mol. The molecule has 1 fully saturated rings. The molecule has 1 aliphatic heterocycles. The van der Waals surface area contributed by atoms with Crippen molar-refractivity contribution in [1.82, 2.24) is 14.9 Å². The van der Waals surface area contributed by atoms with Gasteiger partial charge in [0.05, 0.1) is 17.0 Å². The van der Waals surface area contributed by atoms with Crippen LogP contribution in [0.2, 0.25) is 0 Å². The number of aromatic nitrogens is 2. The molecule has 33 heavy (non-hydrogen) atoms. The van der Waals surface area contributed by atoms with Crippen LogP contribution in [-0.2, 0) is 0 Å². The molecule has 2 aliphatic rings. The van der Waals surface area contributed by atoms with Crippen LogP contribution in [-0.4, -0.2) is 41.4 Å². The lowest BCUT2D eigenvalue weighted by Crippen LogP contribution is -2.40. The molecule has 1 aliphatic carbocycles. The van der Waals surface area contributed by atoms with Crippen LogP contribution in [0.1, 0.15) is 18.4 Å². The standard InChI is InChI=1S/C24H24FN7O/c1-29-14-17-10-19(4-5-21(17)28)32-23(33)12-22(31-8-6-18(27)7-9-31)30-24(32)15-2-3-16(13-26)20(25)11-15/h2-5,10-12,14,18,28-29H,6-9,27H2,1H3/b17-14-,28-21?. The summed E-state index contributed by atoms with van der Waals surface area (Å²) in [5.74, 6) is 0.0711. The number of anilines is 1. The normalized spacial score (nSPS) is 17.8. The van der Waals surface area contributed by atoms with Crippen molar-refractivity contribution in [2.75, 3.05) is 25.0 Å². The summed E-state index contributed by atoms with van der Waals surface area (Å²) in [6.07, 6.45) is 8.19. The molecule has 0 radical (unpaired) electrons. The molecule has 168 valence electrons. The fourth-order valence-corrected chi connectivity index (χ4v) is 3.91. The van der Waals surface area contributed by atoms with Gasteiger partial charge in [-0.05, 0) is 49.3 Å². The molecule has 9 heteroatoms. The number of nitrogens with one attached hydrogen (secondary N) is 2. The Bertz CT molecular complexity index is 1290. The van der Waals surface area contributed by atoms with Crippen LogP contribution in [0, 0.1) is 22.6 Å². The molecule has 0 bridgehead atoms. The van der Waals surface area contributed by atoms with E-state index >= 15 is 0 Å². The van der Waals surface area contributed by atoms with Gasteiger partial charge in [-0.3, -0.25) is 9.36 Å². The molecule has 2 aromatic rings.